The summed E-state index contributed by atoms with van der Waals surface area (Å²) in [5.41, 5.74) is 1.16. The van der Waals surface area contributed by atoms with Gasteiger partial charge in [-0.1, -0.05) is 56.7 Å². The first kappa shape index (κ1) is 24.9. The van der Waals surface area contributed by atoms with Gasteiger partial charge in [-0.3, -0.25) is 9.36 Å². The number of halogens is 1. The number of anilines is 2. The number of carboxylic acid groups (broad SMARTS) is 1. The highest BCUT2D eigenvalue weighted by molar-refractivity contribution is 5.69. The minimum absolute atomic E-state index is 0.0502. The van der Waals surface area contributed by atoms with E-state index in [1.54, 1.807) is 12.1 Å². The van der Waals surface area contributed by atoms with Crippen molar-refractivity contribution in [2.45, 2.75) is 47.2 Å². The number of nitrogens with one attached hydrogen (secondary N) is 1. The lowest BCUT2D eigenvalue weighted by atomic mass is 10.0. The Hall–Kier alpha value is -3.75. The highest BCUT2D eigenvalue weighted by Gasteiger charge is 2.19. The predicted octanol–water partition coefficient (Wildman–Crippen LogP) is 3.56. The van der Waals surface area contributed by atoms with Crippen LogP contribution in [0, 0.1) is 24.6 Å². The molecule has 9 heteroatoms. The molecule has 0 aliphatic heterocycles. The zero-order valence-electron chi connectivity index (χ0n) is 19.7. The third-order valence-electron chi connectivity index (χ3n) is 5.43. The van der Waals surface area contributed by atoms with Crippen molar-refractivity contribution in [1.82, 2.24) is 14.1 Å². The minimum atomic E-state index is -1.13. The summed E-state index contributed by atoms with van der Waals surface area (Å²) in [4.78, 5) is 41.2. The van der Waals surface area contributed by atoms with Crippen LogP contribution in [0.1, 0.15) is 37.5 Å². The number of carboxylic acids is 1. The summed E-state index contributed by atoms with van der Waals surface area (Å²) >= 11 is 0. The van der Waals surface area contributed by atoms with Crippen LogP contribution >= 0.6 is 0 Å². The van der Waals surface area contributed by atoms with Crippen LogP contribution in [0.15, 0.2) is 52.1 Å². The summed E-state index contributed by atoms with van der Waals surface area (Å²) < 4.78 is 16.7. The fourth-order valence-corrected chi connectivity index (χ4v) is 3.51. The smallest absolute Gasteiger partial charge is 0.354 e. The van der Waals surface area contributed by atoms with Crippen molar-refractivity contribution in [2.24, 2.45) is 11.8 Å². The Kier molecular flexibility index (Phi) is 7.65. The Morgan fingerprint density at radius 1 is 1.09 bits per heavy atom. The second-order valence-corrected chi connectivity index (χ2v) is 8.95. The maximum absolute atomic E-state index is 14.6. The van der Waals surface area contributed by atoms with Gasteiger partial charge >= 0.3 is 17.3 Å². The Morgan fingerprint density at radius 3 is 2.35 bits per heavy atom. The fourth-order valence-electron chi connectivity index (χ4n) is 3.51. The average molecular weight is 469 g/mol. The van der Waals surface area contributed by atoms with E-state index in [2.05, 4.69) is 10.3 Å². The molecule has 2 N–H and O–H groups in total. The Balaban J connectivity index is 2.05. The maximum atomic E-state index is 14.6. The summed E-state index contributed by atoms with van der Waals surface area (Å²) in [7, 11) is 0. The average Bonchev–Trinajstić information content (AvgIpc) is 2.76. The number of aliphatic carboxylic acids is 1. The number of hydrogen-bond acceptors (Lipinski definition) is 5. The SMILES string of the molecule is Cc1ccc(Cn2c(Nc3ccc(CC(C)C)c(F)c3)nc(=O)n(C[C@H](C)C(=O)O)c2=O)cc1. The van der Waals surface area contributed by atoms with Crippen molar-refractivity contribution in [1.29, 1.82) is 0 Å². The van der Waals surface area contributed by atoms with Gasteiger partial charge in [0.25, 0.3) is 0 Å². The molecule has 1 atom stereocenters. The van der Waals surface area contributed by atoms with E-state index in [0.29, 0.717) is 17.7 Å². The van der Waals surface area contributed by atoms with E-state index in [0.717, 1.165) is 15.7 Å². The van der Waals surface area contributed by atoms with E-state index in [4.69, 9.17) is 0 Å². The van der Waals surface area contributed by atoms with E-state index >= 15 is 0 Å². The number of benzene rings is 2. The molecule has 180 valence electrons. The lowest BCUT2D eigenvalue weighted by molar-refractivity contribution is -0.141. The molecule has 0 unspecified atom stereocenters. The van der Waals surface area contributed by atoms with Crippen LogP contribution < -0.4 is 16.7 Å². The van der Waals surface area contributed by atoms with E-state index in [1.165, 1.54) is 17.6 Å². The first-order valence-electron chi connectivity index (χ1n) is 11.1. The number of hydrogen-bond donors (Lipinski definition) is 2. The highest BCUT2D eigenvalue weighted by Crippen LogP contribution is 2.20. The van der Waals surface area contributed by atoms with Gasteiger partial charge in [-0.05, 0) is 42.5 Å². The molecule has 0 aliphatic carbocycles. The molecule has 0 saturated heterocycles. The van der Waals surface area contributed by atoms with Gasteiger partial charge in [-0.15, -0.1) is 0 Å². The molecule has 0 amide bonds. The zero-order valence-corrected chi connectivity index (χ0v) is 19.7. The summed E-state index contributed by atoms with van der Waals surface area (Å²) in [5.74, 6) is -2.24. The first-order valence-corrected chi connectivity index (χ1v) is 11.1. The largest absolute Gasteiger partial charge is 0.481 e. The molecule has 0 radical (unpaired) electrons. The summed E-state index contributed by atoms with van der Waals surface area (Å²) in [6, 6.07) is 12.1. The van der Waals surface area contributed by atoms with Gasteiger partial charge in [0.1, 0.15) is 5.82 Å². The zero-order chi connectivity index (χ0) is 25.0. The summed E-state index contributed by atoms with van der Waals surface area (Å²) in [6.07, 6.45) is 0.584. The topological polar surface area (TPSA) is 106 Å². The van der Waals surface area contributed by atoms with Gasteiger partial charge in [-0.25, -0.2) is 18.5 Å². The minimum Gasteiger partial charge on any atom is -0.481 e. The lowest BCUT2D eigenvalue weighted by Gasteiger charge is -2.17. The van der Waals surface area contributed by atoms with Gasteiger partial charge in [-0.2, -0.15) is 4.98 Å². The summed E-state index contributed by atoms with van der Waals surface area (Å²) in [5, 5.41) is 12.1. The van der Waals surface area contributed by atoms with Crippen molar-refractivity contribution >= 4 is 17.6 Å². The van der Waals surface area contributed by atoms with Crippen LogP contribution in [0.25, 0.3) is 0 Å². The number of aryl methyl sites for hydroxylation is 1. The molecule has 3 aromatic rings. The Bertz CT molecular complexity index is 1300. The second-order valence-electron chi connectivity index (χ2n) is 8.95. The van der Waals surface area contributed by atoms with E-state index in [1.807, 2.05) is 45.0 Å². The molecular formula is C25H29FN4O4. The van der Waals surface area contributed by atoms with Crippen LogP contribution in [-0.2, 0) is 24.3 Å². The molecule has 0 aliphatic rings. The molecule has 34 heavy (non-hydrogen) atoms. The molecule has 0 bridgehead atoms. The Morgan fingerprint density at radius 2 is 1.76 bits per heavy atom. The molecule has 8 nitrogen and oxygen atoms in total. The number of nitrogens with zero attached hydrogens (tertiary/aromatic N) is 3. The van der Waals surface area contributed by atoms with Crippen LogP contribution in [-0.4, -0.2) is 25.2 Å². The van der Waals surface area contributed by atoms with Gasteiger partial charge in [0, 0.05) is 12.2 Å². The van der Waals surface area contributed by atoms with Crippen LogP contribution in [0.5, 0.6) is 0 Å². The number of rotatable bonds is 9. The highest BCUT2D eigenvalue weighted by atomic mass is 19.1. The quantitative estimate of drug-likeness (QED) is 0.497. The van der Waals surface area contributed by atoms with Gasteiger partial charge in [0.2, 0.25) is 5.95 Å². The number of aromatic nitrogens is 3. The van der Waals surface area contributed by atoms with Crippen molar-refractivity contribution in [3.05, 3.63) is 85.9 Å². The van der Waals surface area contributed by atoms with E-state index < -0.39 is 29.1 Å². The predicted molar refractivity (Wildman–Crippen MR) is 128 cm³/mol. The lowest BCUT2D eigenvalue weighted by Crippen LogP contribution is -2.44. The molecular weight excluding hydrogens is 439 g/mol. The molecule has 3 rings (SSSR count). The number of carbonyl (C=O) groups is 1. The van der Waals surface area contributed by atoms with Crippen molar-refractivity contribution in [3.8, 4) is 0 Å². The normalized spacial score (nSPS) is 12.1. The monoisotopic (exact) mass is 468 g/mol. The molecule has 2 aromatic carbocycles. The molecule has 0 fully saturated rings. The molecule has 1 heterocycles. The second kappa shape index (κ2) is 10.5. The van der Waals surface area contributed by atoms with Gasteiger partial charge < -0.3 is 10.4 Å². The van der Waals surface area contributed by atoms with Gasteiger partial charge in [0.05, 0.1) is 12.5 Å². The van der Waals surface area contributed by atoms with Crippen molar-refractivity contribution < 1.29 is 14.3 Å². The van der Waals surface area contributed by atoms with E-state index in [9.17, 15) is 23.9 Å². The Labute approximate surface area is 196 Å². The van der Waals surface area contributed by atoms with Crippen molar-refractivity contribution in [2.75, 3.05) is 5.32 Å². The van der Waals surface area contributed by atoms with E-state index in [-0.39, 0.29) is 25.0 Å². The van der Waals surface area contributed by atoms with Crippen molar-refractivity contribution in [3.63, 3.8) is 0 Å². The molecule has 0 saturated carbocycles. The first-order chi connectivity index (χ1) is 16.0. The van der Waals surface area contributed by atoms with Crippen LogP contribution in [0.2, 0.25) is 0 Å². The third-order valence-corrected chi connectivity index (χ3v) is 5.43. The fraction of sp³-hybridized carbons (Fsp3) is 0.360. The molecule has 0 spiro atoms. The third kappa shape index (κ3) is 5.98. The van der Waals surface area contributed by atoms with Gasteiger partial charge in [0.15, 0.2) is 0 Å². The standard InChI is InChI=1S/C25H29FN4O4/c1-15(2)11-19-9-10-20(12-21(19)26)27-23-28-24(33)30(13-17(4)22(31)32)25(34)29(23)14-18-7-5-16(3)6-8-18/h5-10,12,15,17H,11,13-14H2,1-4H3,(H,31,32)(H,27,28,33)/t17-/m0/s1. The van der Waals surface area contributed by atoms with Crippen LogP contribution in [0.4, 0.5) is 16.0 Å². The summed E-state index contributed by atoms with van der Waals surface area (Å²) in [6.45, 7) is 7.12. The van der Waals surface area contributed by atoms with Crippen LogP contribution in [0.3, 0.4) is 0 Å². The maximum Gasteiger partial charge on any atom is 0.354 e. The molecule has 1 aromatic heterocycles.